The van der Waals surface area contributed by atoms with E-state index in [-0.39, 0.29) is 17.2 Å². The molecule has 0 aliphatic carbocycles. The summed E-state index contributed by atoms with van der Waals surface area (Å²) < 4.78 is 0. The van der Waals surface area contributed by atoms with Crippen LogP contribution in [0.15, 0.2) is 12.4 Å². The monoisotopic (exact) mass is 239 g/mol. The zero-order chi connectivity index (χ0) is 12.8. The highest BCUT2D eigenvalue weighted by molar-refractivity contribution is 5.04. The molecule has 0 bridgehead atoms. The van der Waals surface area contributed by atoms with Crippen LogP contribution in [0.25, 0.3) is 0 Å². The van der Waals surface area contributed by atoms with Crippen molar-refractivity contribution < 1.29 is 5.21 Å². The molecule has 0 radical (unpaired) electrons. The minimum atomic E-state index is 0.0460. The predicted molar refractivity (Wildman–Crippen MR) is 68.4 cm³/mol. The third-order valence-electron chi connectivity index (χ3n) is 3.80. The molecule has 1 unspecified atom stereocenters. The maximum atomic E-state index is 9.65. The Balaban J connectivity index is 2.14. The molecule has 2 aliphatic heterocycles. The molecule has 0 aromatic carbocycles. The maximum absolute atomic E-state index is 9.65. The summed E-state index contributed by atoms with van der Waals surface area (Å²) in [4.78, 5) is 2.27. The number of piperidine rings is 1. The van der Waals surface area contributed by atoms with Gasteiger partial charge in [-0.2, -0.15) is 0 Å². The fourth-order valence-corrected chi connectivity index (χ4v) is 3.44. The summed E-state index contributed by atoms with van der Waals surface area (Å²) in [5.74, 6) is 0. The van der Waals surface area contributed by atoms with Gasteiger partial charge in [-0.05, 0) is 47.5 Å². The highest BCUT2D eigenvalue weighted by Crippen LogP contribution is 2.34. The van der Waals surface area contributed by atoms with Gasteiger partial charge >= 0.3 is 0 Å². The third kappa shape index (κ3) is 2.58. The number of hydrogen-bond acceptors (Lipinski definition) is 4. The van der Waals surface area contributed by atoms with Crippen molar-refractivity contribution in [3.63, 3.8) is 0 Å². The van der Waals surface area contributed by atoms with E-state index in [4.69, 9.17) is 0 Å². The Labute approximate surface area is 104 Å². The van der Waals surface area contributed by atoms with Crippen molar-refractivity contribution in [1.82, 2.24) is 15.3 Å². The van der Waals surface area contributed by atoms with Crippen LogP contribution in [0.3, 0.4) is 0 Å². The topological polar surface area (TPSA) is 38.7 Å². The summed E-state index contributed by atoms with van der Waals surface area (Å²) in [6.07, 6.45) is 5.99. The van der Waals surface area contributed by atoms with Gasteiger partial charge in [0.1, 0.15) is 6.17 Å². The summed E-state index contributed by atoms with van der Waals surface area (Å²) in [7, 11) is 0. The zero-order valence-electron chi connectivity index (χ0n) is 11.6. The number of nitrogens with zero attached hydrogens (tertiary/aromatic N) is 2. The molecule has 2 aliphatic rings. The van der Waals surface area contributed by atoms with E-state index in [1.807, 2.05) is 13.1 Å². The van der Waals surface area contributed by atoms with Crippen molar-refractivity contribution in [3.05, 3.63) is 12.4 Å². The first-order chi connectivity index (χ1) is 7.70. The lowest BCUT2D eigenvalue weighted by Gasteiger charge is -2.50. The van der Waals surface area contributed by atoms with E-state index >= 15 is 0 Å². The van der Waals surface area contributed by atoms with Crippen molar-refractivity contribution in [2.45, 2.75) is 70.7 Å². The molecule has 1 saturated heterocycles. The third-order valence-corrected chi connectivity index (χ3v) is 3.80. The van der Waals surface area contributed by atoms with E-state index in [1.54, 1.807) is 6.20 Å². The van der Waals surface area contributed by atoms with E-state index in [9.17, 15) is 5.21 Å². The SMILES string of the molecule is CC1N(O)C=CN1C1CC(C)(C)NC(C)(C)C1. The van der Waals surface area contributed by atoms with Gasteiger partial charge in [-0.3, -0.25) is 5.21 Å². The van der Waals surface area contributed by atoms with Crippen LogP contribution >= 0.6 is 0 Å². The van der Waals surface area contributed by atoms with Crippen molar-refractivity contribution >= 4 is 0 Å². The predicted octanol–water partition coefficient (Wildman–Crippen LogP) is 2.12. The van der Waals surface area contributed by atoms with Crippen LogP contribution in [0, 0.1) is 0 Å². The molecule has 4 nitrogen and oxygen atoms in total. The minimum Gasteiger partial charge on any atom is -0.351 e. The van der Waals surface area contributed by atoms with Crippen molar-refractivity contribution in [2.75, 3.05) is 0 Å². The van der Waals surface area contributed by atoms with Crippen LogP contribution in [0.1, 0.15) is 47.5 Å². The Morgan fingerprint density at radius 2 is 1.65 bits per heavy atom. The average Bonchev–Trinajstić information content (AvgIpc) is 2.42. The molecule has 0 aromatic rings. The van der Waals surface area contributed by atoms with Gasteiger partial charge in [0, 0.05) is 29.5 Å². The van der Waals surface area contributed by atoms with Crippen LogP contribution in [0.2, 0.25) is 0 Å². The molecule has 2 heterocycles. The molecule has 98 valence electrons. The van der Waals surface area contributed by atoms with Crippen LogP contribution in [0.4, 0.5) is 0 Å². The molecular formula is C13H25N3O. The zero-order valence-corrected chi connectivity index (χ0v) is 11.6. The van der Waals surface area contributed by atoms with Crippen LogP contribution in [-0.2, 0) is 0 Å². The van der Waals surface area contributed by atoms with Crippen molar-refractivity contribution in [1.29, 1.82) is 0 Å². The smallest absolute Gasteiger partial charge is 0.123 e. The number of hydrogen-bond donors (Lipinski definition) is 2. The Kier molecular flexibility index (Phi) is 2.91. The second kappa shape index (κ2) is 3.89. The lowest BCUT2D eigenvalue weighted by atomic mass is 9.79. The Hall–Kier alpha value is -0.740. The van der Waals surface area contributed by atoms with Gasteiger partial charge in [0.05, 0.1) is 0 Å². The fraction of sp³-hybridized carbons (Fsp3) is 0.846. The first-order valence-electron chi connectivity index (χ1n) is 6.43. The molecule has 0 saturated carbocycles. The molecule has 2 rings (SSSR count). The molecule has 1 fully saturated rings. The first kappa shape index (κ1) is 12.7. The second-order valence-electron chi connectivity index (χ2n) is 6.71. The van der Waals surface area contributed by atoms with Gasteiger partial charge in [-0.1, -0.05) is 0 Å². The summed E-state index contributed by atoms with van der Waals surface area (Å²) in [6, 6.07) is 0.477. The van der Waals surface area contributed by atoms with E-state index in [2.05, 4.69) is 37.9 Å². The van der Waals surface area contributed by atoms with E-state index in [0.29, 0.717) is 6.04 Å². The molecule has 0 spiro atoms. The molecule has 2 N–H and O–H groups in total. The highest BCUT2D eigenvalue weighted by atomic mass is 16.5. The summed E-state index contributed by atoms with van der Waals surface area (Å²) in [5.41, 5.74) is 0.283. The van der Waals surface area contributed by atoms with Crippen LogP contribution < -0.4 is 5.32 Å². The number of nitrogens with one attached hydrogen (secondary N) is 1. The normalized spacial score (nSPS) is 32.2. The van der Waals surface area contributed by atoms with Crippen molar-refractivity contribution in [3.8, 4) is 0 Å². The molecule has 0 amide bonds. The van der Waals surface area contributed by atoms with Gasteiger partial charge in [0.2, 0.25) is 0 Å². The van der Waals surface area contributed by atoms with E-state index in [1.165, 1.54) is 5.06 Å². The lowest BCUT2D eigenvalue weighted by molar-refractivity contribution is -0.109. The Morgan fingerprint density at radius 3 is 2.06 bits per heavy atom. The van der Waals surface area contributed by atoms with Crippen LogP contribution in [0.5, 0.6) is 0 Å². The van der Waals surface area contributed by atoms with E-state index < -0.39 is 0 Å². The summed E-state index contributed by atoms with van der Waals surface area (Å²) in [6.45, 7) is 11.0. The number of rotatable bonds is 1. The average molecular weight is 239 g/mol. The number of hydroxylamine groups is 2. The Morgan fingerprint density at radius 1 is 1.12 bits per heavy atom. The standard InChI is InChI=1S/C13H25N3O/c1-10-15(6-7-16(10)17)11-8-12(2,3)14-13(4,5)9-11/h6-7,10-11,14,17H,8-9H2,1-5H3. The largest absolute Gasteiger partial charge is 0.351 e. The van der Waals surface area contributed by atoms with Gasteiger partial charge in [0.15, 0.2) is 0 Å². The van der Waals surface area contributed by atoms with Gasteiger partial charge in [-0.15, -0.1) is 0 Å². The fourth-order valence-electron chi connectivity index (χ4n) is 3.44. The maximum Gasteiger partial charge on any atom is 0.123 e. The lowest BCUT2D eigenvalue weighted by Crippen LogP contribution is -2.62. The molecular weight excluding hydrogens is 214 g/mol. The Bertz CT molecular complexity index is 309. The second-order valence-corrected chi connectivity index (χ2v) is 6.71. The van der Waals surface area contributed by atoms with E-state index in [0.717, 1.165) is 12.8 Å². The summed E-state index contributed by atoms with van der Waals surface area (Å²) in [5, 5.41) is 14.6. The first-order valence-corrected chi connectivity index (χ1v) is 6.43. The van der Waals surface area contributed by atoms with Gasteiger partial charge in [0.25, 0.3) is 0 Å². The van der Waals surface area contributed by atoms with Gasteiger partial charge < -0.3 is 10.2 Å². The quantitative estimate of drug-likeness (QED) is 0.735. The van der Waals surface area contributed by atoms with Crippen molar-refractivity contribution in [2.24, 2.45) is 0 Å². The van der Waals surface area contributed by atoms with Gasteiger partial charge in [-0.25, -0.2) is 5.06 Å². The molecule has 4 heteroatoms. The minimum absolute atomic E-state index is 0.0460. The molecule has 1 atom stereocenters. The summed E-state index contributed by atoms with van der Waals surface area (Å²) >= 11 is 0. The van der Waals surface area contributed by atoms with Crippen LogP contribution in [-0.4, -0.2) is 38.5 Å². The highest BCUT2D eigenvalue weighted by Gasteiger charge is 2.41. The molecule has 0 aromatic heterocycles. The molecule has 17 heavy (non-hydrogen) atoms.